The first kappa shape index (κ1) is 31.8. The summed E-state index contributed by atoms with van der Waals surface area (Å²) in [6.45, 7) is 19.1. The van der Waals surface area contributed by atoms with E-state index in [0.29, 0.717) is 11.1 Å². The largest absolute Gasteiger partial charge is 0.392 e. The van der Waals surface area contributed by atoms with Crippen molar-refractivity contribution in [2.24, 2.45) is 11.7 Å². The van der Waals surface area contributed by atoms with Crippen LogP contribution < -0.4 is 5.73 Å². The van der Waals surface area contributed by atoms with E-state index < -0.39 is 5.67 Å². The maximum Gasteiger partial charge on any atom is 0.155 e. The lowest BCUT2D eigenvalue weighted by Crippen LogP contribution is -2.32. The summed E-state index contributed by atoms with van der Waals surface area (Å²) in [5, 5.41) is 8.92. The summed E-state index contributed by atoms with van der Waals surface area (Å²) in [5.41, 5.74) is 5.49. The van der Waals surface area contributed by atoms with Gasteiger partial charge in [0.1, 0.15) is 5.67 Å². The molecule has 0 aliphatic rings. The van der Waals surface area contributed by atoms with E-state index in [0.717, 1.165) is 0 Å². The Labute approximate surface area is 182 Å². The van der Waals surface area contributed by atoms with Crippen molar-refractivity contribution in [1.29, 1.82) is 5.26 Å². The lowest BCUT2D eigenvalue weighted by atomic mass is 9.79. The standard InChI is InChI=1S/C15H19FN2.C8H12O2.C2H6/c1-6-13(18)8-9-14(12(5)10-17)15(16,7-2)11(3)4;1-5(7(3)9)6(2)8(4)10;1-2/h1,8-9,11H,5,7,18H2,2-4H3;1-4H3;1-2H3/b13-8+,14-9+;6-5-;. The van der Waals surface area contributed by atoms with Crippen LogP contribution in [0.5, 0.6) is 0 Å². The Bertz CT molecular complexity index is 765. The minimum absolute atomic E-state index is 0.0345. The van der Waals surface area contributed by atoms with Crippen LogP contribution in [0.4, 0.5) is 4.39 Å². The second kappa shape index (κ2) is 15.9. The molecule has 1 unspecified atom stereocenters. The third-order valence-electron chi connectivity index (χ3n) is 4.55. The molecule has 0 saturated heterocycles. The number of nitriles is 1. The highest BCUT2D eigenvalue weighted by molar-refractivity contribution is 6.03. The second-order valence-electron chi connectivity index (χ2n) is 6.67. The number of hydrogen-bond acceptors (Lipinski definition) is 4. The second-order valence-corrected chi connectivity index (χ2v) is 6.67. The molecular weight excluding hydrogens is 379 g/mol. The number of carbonyl (C=O) groups is 2. The normalized spacial score (nSPS) is 13.8. The molecule has 30 heavy (non-hydrogen) atoms. The molecule has 2 N–H and O–H groups in total. The van der Waals surface area contributed by atoms with Gasteiger partial charge < -0.3 is 5.73 Å². The Morgan fingerprint density at radius 2 is 1.53 bits per heavy atom. The zero-order valence-electron chi connectivity index (χ0n) is 19.9. The molecule has 0 aromatic carbocycles. The first-order valence-corrected chi connectivity index (χ1v) is 9.92. The van der Waals surface area contributed by atoms with Crippen LogP contribution in [0.25, 0.3) is 0 Å². The lowest BCUT2D eigenvalue weighted by Gasteiger charge is -2.30. The number of halogens is 1. The van der Waals surface area contributed by atoms with Crippen molar-refractivity contribution in [2.45, 2.75) is 74.4 Å². The maximum absolute atomic E-state index is 14.9. The molecule has 0 heterocycles. The molecule has 0 saturated carbocycles. The average molecular weight is 417 g/mol. The van der Waals surface area contributed by atoms with Crippen LogP contribution in [0.2, 0.25) is 0 Å². The van der Waals surface area contributed by atoms with E-state index in [9.17, 15) is 14.0 Å². The number of rotatable bonds is 7. The number of terminal acetylenes is 1. The maximum atomic E-state index is 14.9. The fourth-order valence-corrected chi connectivity index (χ4v) is 2.21. The van der Waals surface area contributed by atoms with E-state index in [1.54, 1.807) is 34.6 Å². The molecule has 5 heteroatoms. The SMILES string of the molecule is C#C/C(N)=C\C=C(/C(=C)C#N)C(F)(CC)C(C)C.CC.CC(=O)/C(C)=C(/C)C(C)=O. The fraction of sp³-hybridized carbons (Fsp3) is 0.480. The van der Waals surface area contributed by atoms with Gasteiger partial charge in [0.2, 0.25) is 0 Å². The Morgan fingerprint density at radius 1 is 1.13 bits per heavy atom. The number of hydrogen-bond donors (Lipinski definition) is 1. The van der Waals surface area contributed by atoms with Gasteiger partial charge in [-0.3, -0.25) is 9.59 Å². The molecule has 0 radical (unpaired) electrons. The first-order valence-electron chi connectivity index (χ1n) is 9.92. The number of carbonyl (C=O) groups excluding carboxylic acids is 2. The molecular formula is C25H37FN2O2. The molecule has 0 spiro atoms. The molecule has 0 aromatic heterocycles. The van der Waals surface area contributed by atoms with Crippen molar-refractivity contribution >= 4 is 11.6 Å². The predicted molar refractivity (Wildman–Crippen MR) is 124 cm³/mol. The van der Waals surface area contributed by atoms with Crippen LogP contribution in [0, 0.1) is 29.6 Å². The molecule has 0 aromatic rings. The minimum atomic E-state index is -1.61. The summed E-state index contributed by atoms with van der Waals surface area (Å²) in [6, 6.07) is 1.88. The van der Waals surface area contributed by atoms with Crippen LogP contribution in [0.1, 0.15) is 68.7 Å². The smallest absolute Gasteiger partial charge is 0.155 e. The van der Waals surface area contributed by atoms with Gasteiger partial charge in [0.05, 0.1) is 17.3 Å². The van der Waals surface area contributed by atoms with Gasteiger partial charge in [0.25, 0.3) is 0 Å². The lowest BCUT2D eigenvalue weighted by molar-refractivity contribution is -0.116. The number of ketones is 2. The van der Waals surface area contributed by atoms with Gasteiger partial charge in [-0.2, -0.15) is 5.26 Å². The van der Waals surface area contributed by atoms with Gasteiger partial charge in [-0.1, -0.05) is 53.2 Å². The van der Waals surface area contributed by atoms with Crippen LogP contribution in [0.3, 0.4) is 0 Å². The highest BCUT2D eigenvalue weighted by atomic mass is 19.1. The molecule has 0 amide bonds. The zero-order valence-corrected chi connectivity index (χ0v) is 19.9. The van der Waals surface area contributed by atoms with E-state index in [1.807, 2.05) is 19.9 Å². The molecule has 4 nitrogen and oxygen atoms in total. The highest BCUT2D eigenvalue weighted by Crippen LogP contribution is 2.37. The summed E-state index contributed by atoms with van der Waals surface area (Å²) in [6.07, 6.45) is 8.23. The number of alkyl halides is 1. The summed E-state index contributed by atoms with van der Waals surface area (Å²) in [7, 11) is 0. The Balaban J connectivity index is -0.000000514. The van der Waals surface area contributed by atoms with Crippen molar-refractivity contribution in [2.75, 3.05) is 0 Å². The minimum Gasteiger partial charge on any atom is -0.392 e. The van der Waals surface area contributed by atoms with E-state index in [2.05, 4.69) is 12.5 Å². The van der Waals surface area contributed by atoms with Crippen molar-refractivity contribution in [1.82, 2.24) is 0 Å². The number of allylic oxidation sites excluding steroid dienone is 7. The van der Waals surface area contributed by atoms with Gasteiger partial charge in [0.15, 0.2) is 11.6 Å². The third-order valence-corrected chi connectivity index (χ3v) is 4.55. The third kappa shape index (κ3) is 10.6. The molecule has 0 aliphatic carbocycles. The van der Waals surface area contributed by atoms with E-state index in [-0.39, 0.29) is 40.7 Å². The molecule has 166 valence electrons. The van der Waals surface area contributed by atoms with Gasteiger partial charge >= 0.3 is 0 Å². The number of nitrogens with two attached hydrogens (primary N) is 1. The summed E-state index contributed by atoms with van der Waals surface area (Å²) in [4.78, 5) is 21.4. The molecule has 0 rings (SSSR count). The van der Waals surface area contributed by atoms with Crippen LogP contribution in [0.15, 0.2) is 46.7 Å². The topological polar surface area (TPSA) is 83.9 Å². The molecule has 0 fully saturated rings. The van der Waals surface area contributed by atoms with E-state index in [4.69, 9.17) is 17.4 Å². The van der Waals surface area contributed by atoms with Gasteiger partial charge in [0, 0.05) is 5.57 Å². The van der Waals surface area contributed by atoms with Crippen molar-refractivity contribution in [3.63, 3.8) is 0 Å². The summed E-state index contributed by atoms with van der Waals surface area (Å²) < 4.78 is 14.9. The predicted octanol–water partition coefficient (Wildman–Crippen LogP) is 5.77. The van der Waals surface area contributed by atoms with Gasteiger partial charge in [-0.05, 0) is 57.3 Å². The Kier molecular flexibility index (Phi) is 16.9. The van der Waals surface area contributed by atoms with Crippen LogP contribution >= 0.6 is 0 Å². The zero-order chi connectivity index (χ0) is 24.7. The molecule has 1 atom stereocenters. The Hall–Kier alpha value is -2.92. The summed E-state index contributed by atoms with van der Waals surface area (Å²) >= 11 is 0. The quantitative estimate of drug-likeness (QED) is 0.247. The summed E-state index contributed by atoms with van der Waals surface area (Å²) in [5.74, 6) is 1.89. The monoisotopic (exact) mass is 416 g/mol. The van der Waals surface area contributed by atoms with Crippen LogP contribution in [-0.4, -0.2) is 17.2 Å². The van der Waals surface area contributed by atoms with E-state index in [1.165, 1.54) is 26.0 Å². The molecule has 0 aliphatic heterocycles. The highest BCUT2D eigenvalue weighted by Gasteiger charge is 2.37. The van der Waals surface area contributed by atoms with Crippen molar-refractivity contribution in [3.05, 3.63) is 46.7 Å². The van der Waals surface area contributed by atoms with E-state index >= 15 is 0 Å². The van der Waals surface area contributed by atoms with Crippen molar-refractivity contribution < 1.29 is 14.0 Å². The fourth-order valence-electron chi connectivity index (χ4n) is 2.21. The number of nitrogens with zero attached hydrogens (tertiary/aromatic N) is 1. The van der Waals surface area contributed by atoms with Gasteiger partial charge in [-0.25, -0.2) is 4.39 Å². The van der Waals surface area contributed by atoms with Crippen LogP contribution in [-0.2, 0) is 9.59 Å². The van der Waals surface area contributed by atoms with Gasteiger partial charge in [-0.15, -0.1) is 6.42 Å². The van der Waals surface area contributed by atoms with Crippen molar-refractivity contribution in [3.8, 4) is 18.4 Å². The average Bonchev–Trinajstić information content (AvgIpc) is 2.73. The number of Topliss-reactive ketones (excluding diaryl/α,β-unsaturated/α-hetero) is 2. The Morgan fingerprint density at radius 3 is 1.77 bits per heavy atom. The molecule has 0 bridgehead atoms. The first-order chi connectivity index (χ1) is 13.8.